The molecule has 3 aromatic rings. The zero-order valence-corrected chi connectivity index (χ0v) is 17.9. The van der Waals surface area contributed by atoms with Gasteiger partial charge in [0, 0.05) is 22.0 Å². The third-order valence-corrected chi connectivity index (χ3v) is 6.00. The normalized spacial score (nSPS) is 19.4. The third kappa shape index (κ3) is 3.27. The van der Waals surface area contributed by atoms with E-state index in [0.29, 0.717) is 17.7 Å². The number of hydrazone groups is 1. The van der Waals surface area contributed by atoms with Crippen LogP contribution < -0.4 is 9.47 Å². The molecule has 150 valence electrons. The van der Waals surface area contributed by atoms with E-state index >= 15 is 0 Å². The molecule has 0 bridgehead atoms. The monoisotopic (exact) mass is 462 g/mol. The van der Waals surface area contributed by atoms with Gasteiger partial charge in [0.15, 0.2) is 0 Å². The van der Waals surface area contributed by atoms with Crippen molar-refractivity contribution < 1.29 is 14.3 Å². The number of para-hydroxylation sites is 1. The molecule has 5 rings (SSSR count). The van der Waals surface area contributed by atoms with E-state index in [-0.39, 0.29) is 11.8 Å². The van der Waals surface area contributed by atoms with Gasteiger partial charge in [-0.1, -0.05) is 46.3 Å². The average molecular weight is 463 g/mol. The molecule has 0 N–H and O–H groups in total. The topological polar surface area (TPSA) is 51.1 Å². The first-order valence-corrected chi connectivity index (χ1v) is 10.5. The highest BCUT2D eigenvalue weighted by Gasteiger charge is 2.43. The van der Waals surface area contributed by atoms with Gasteiger partial charge in [0.2, 0.25) is 5.78 Å². The van der Waals surface area contributed by atoms with Crippen molar-refractivity contribution in [2.24, 2.45) is 5.10 Å². The summed E-state index contributed by atoms with van der Waals surface area (Å²) in [6, 6.07) is 23.0. The fourth-order valence-electron chi connectivity index (χ4n) is 3.92. The molecule has 2 aliphatic rings. The lowest BCUT2D eigenvalue weighted by molar-refractivity contribution is -0.00455. The Balaban J connectivity index is 1.53. The number of halogens is 1. The molecule has 2 atom stereocenters. The number of hydrogen-bond donors (Lipinski definition) is 0. The van der Waals surface area contributed by atoms with Gasteiger partial charge in [-0.05, 0) is 48.0 Å². The summed E-state index contributed by atoms with van der Waals surface area (Å²) in [6.07, 6.45) is -0.0970. The van der Waals surface area contributed by atoms with Crippen molar-refractivity contribution in [2.75, 3.05) is 7.11 Å². The summed E-state index contributed by atoms with van der Waals surface area (Å²) in [4.78, 5) is 13.4. The van der Waals surface area contributed by atoms with Gasteiger partial charge in [-0.3, -0.25) is 4.79 Å². The van der Waals surface area contributed by atoms with Crippen molar-refractivity contribution in [3.63, 3.8) is 0 Å². The molecule has 0 saturated carbocycles. The van der Waals surface area contributed by atoms with Crippen molar-refractivity contribution in [3.8, 4) is 11.5 Å². The van der Waals surface area contributed by atoms with Gasteiger partial charge in [-0.2, -0.15) is 5.10 Å². The van der Waals surface area contributed by atoms with Crippen LogP contribution in [-0.4, -0.2) is 29.8 Å². The molecule has 30 heavy (non-hydrogen) atoms. The molecule has 6 heteroatoms. The second-order valence-corrected chi connectivity index (χ2v) is 8.17. The van der Waals surface area contributed by atoms with Gasteiger partial charge < -0.3 is 9.47 Å². The largest absolute Gasteiger partial charge is 0.497 e. The third-order valence-electron chi connectivity index (χ3n) is 5.48. The van der Waals surface area contributed by atoms with E-state index in [1.165, 1.54) is 0 Å². The lowest BCUT2D eigenvalue weighted by Crippen LogP contribution is -2.45. The second-order valence-electron chi connectivity index (χ2n) is 7.25. The van der Waals surface area contributed by atoms with Crippen molar-refractivity contribution in [2.45, 2.75) is 18.7 Å². The first-order chi connectivity index (χ1) is 14.6. The number of methoxy groups -OCH3 is 1. The maximum atomic E-state index is 13.4. The number of ketones is 1. The van der Waals surface area contributed by atoms with E-state index < -0.39 is 6.23 Å². The van der Waals surface area contributed by atoms with Gasteiger partial charge in [0.25, 0.3) is 6.23 Å². The quantitative estimate of drug-likeness (QED) is 0.499. The molecule has 0 saturated heterocycles. The fourth-order valence-corrected chi connectivity index (χ4v) is 4.19. The standard InChI is InChI=1S/C24H19BrN2O3/c1-29-18-12-8-16(9-13-18)23(28)24-27-21(19-4-2-3-5-22(19)30-24)14-20(26-27)15-6-10-17(25)11-7-15/h2-13,21,24H,14H2,1H3/t21-,24-/m0/s1. The van der Waals surface area contributed by atoms with Crippen molar-refractivity contribution in [1.82, 2.24) is 5.01 Å². The predicted octanol–water partition coefficient (Wildman–Crippen LogP) is 5.21. The number of hydrogen-bond acceptors (Lipinski definition) is 5. The van der Waals surface area contributed by atoms with Gasteiger partial charge in [0.1, 0.15) is 11.5 Å². The van der Waals surface area contributed by atoms with E-state index in [9.17, 15) is 4.79 Å². The van der Waals surface area contributed by atoms with Crippen LogP contribution in [0.1, 0.15) is 33.9 Å². The molecule has 0 aliphatic carbocycles. The first-order valence-electron chi connectivity index (χ1n) is 9.69. The highest BCUT2D eigenvalue weighted by Crippen LogP contribution is 2.43. The second kappa shape index (κ2) is 7.61. The lowest BCUT2D eigenvalue weighted by Gasteiger charge is -2.37. The summed E-state index contributed by atoms with van der Waals surface area (Å²) in [5.41, 5.74) is 3.60. The Morgan fingerprint density at radius 3 is 2.53 bits per heavy atom. The zero-order valence-electron chi connectivity index (χ0n) is 16.3. The predicted molar refractivity (Wildman–Crippen MR) is 118 cm³/mol. The van der Waals surface area contributed by atoms with E-state index in [1.807, 2.05) is 53.5 Å². The molecule has 0 spiro atoms. The SMILES string of the molecule is COc1ccc(C(=O)[C@@H]2Oc3ccccc3[C@@H]3CC(c4ccc(Br)cc4)=NN23)cc1. The summed E-state index contributed by atoms with van der Waals surface area (Å²) in [5.74, 6) is 1.31. The van der Waals surface area contributed by atoms with Gasteiger partial charge in [0.05, 0.1) is 18.9 Å². The highest BCUT2D eigenvalue weighted by atomic mass is 79.9. The first kappa shape index (κ1) is 18.9. The van der Waals surface area contributed by atoms with Crippen molar-refractivity contribution in [3.05, 3.63) is 94.0 Å². The minimum atomic E-state index is -0.814. The summed E-state index contributed by atoms with van der Waals surface area (Å²) in [7, 11) is 1.60. The van der Waals surface area contributed by atoms with E-state index in [2.05, 4.69) is 15.9 Å². The smallest absolute Gasteiger partial charge is 0.251 e. The van der Waals surface area contributed by atoms with Crippen LogP contribution in [0.2, 0.25) is 0 Å². The van der Waals surface area contributed by atoms with Crippen LogP contribution in [0.15, 0.2) is 82.4 Å². The Labute approximate surface area is 183 Å². The number of carbonyl (C=O) groups excluding carboxylic acids is 1. The molecule has 2 heterocycles. The fraction of sp³-hybridized carbons (Fsp3) is 0.167. The zero-order chi connectivity index (χ0) is 20.7. The van der Waals surface area contributed by atoms with Crippen molar-refractivity contribution >= 4 is 27.4 Å². The minimum Gasteiger partial charge on any atom is -0.497 e. The Morgan fingerprint density at radius 2 is 1.80 bits per heavy atom. The van der Waals surface area contributed by atoms with Crippen molar-refractivity contribution in [1.29, 1.82) is 0 Å². The molecule has 0 radical (unpaired) electrons. The van der Waals surface area contributed by atoms with Crippen LogP contribution in [0, 0.1) is 0 Å². The lowest BCUT2D eigenvalue weighted by atomic mass is 9.96. The van der Waals surface area contributed by atoms with Gasteiger partial charge >= 0.3 is 0 Å². The summed E-state index contributed by atoms with van der Waals surface area (Å²) in [5, 5.41) is 6.65. The Hall–Kier alpha value is -3.12. The molecule has 2 aliphatic heterocycles. The number of fused-ring (bicyclic) bond motifs is 3. The average Bonchev–Trinajstić information content (AvgIpc) is 3.24. The van der Waals surface area contributed by atoms with E-state index in [4.69, 9.17) is 14.6 Å². The highest BCUT2D eigenvalue weighted by molar-refractivity contribution is 9.10. The summed E-state index contributed by atoms with van der Waals surface area (Å²) >= 11 is 3.48. The van der Waals surface area contributed by atoms with Crippen LogP contribution in [0.25, 0.3) is 0 Å². The summed E-state index contributed by atoms with van der Waals surface area (Å²) in [6.45, 7) is 0. The number of nitrogens with zero attached hydrogens (tertiary/aromatic N) is 2. The minimum absolute atomic E-state index is 0.0409. The van der Waals surface area contributed by atoms with E-state index in [0.717, 1.165) is 27.1 Å². The number of rotatable bonds is 4. The Morgan fingerprint density at radius 1 is 1.07 bits per heavy atom. The number of Topliss-reactive ketones (excluding diaryl/α,β-unsaturated/α-hetero) is 1. The Bertz CT molecular complexity index is 1130. The van der Waals surface area contributed by atoms with Crippen LogP contribution in [0.5, 0.6) is 11.5 Å². The Kier molecular flexibility index (Phi) is 4.79. The van der Waals surface area contributed by atoms with Gasteiger partial charge in [-0.25, -0.2) is 5.01 Å². The van der Waals surface area contributed by atoms with Crippen LogP contribution in [0.3, 0.4) is 0 Å². The maximum Gasteiger partial charge on any atom is 0.251 e. The number of benzene rings is 3. The molecular weight excluding hydrogens is 444 g/mol. The maximum absolute atomic E-state index is 13.4. The molecule has 0 amide bonds. The van der Waals surface area contributed by atoms with E-state index in [1.54, 1.807) is 31.4 Å². The number of carbonyl (C=O) groups is 1. The molecular formula is C24H19BrN2O3. The molecule has 0 aromatic heterocycles. The van der Waals surface area contributed by atoms with Crippen LogP contribution in [0.4, 0.5) is 0 Å². The molecule has 0 unspecified atom stereocenters. The number of ether oxygens (including phenoxy) is 2. The van der Waals surface area contributed by atoms with Crippen LogP contribution >= 0.6 is 15.9 Å². The summed E-state index contributed by atoms with van der Waals surface area (Å²) < 4.78 is 12.4. The molecule has 5 nitrogen and oxygen atoms in total. The van der Waals surface area contributed by atoms with Gasteiger partial charge in [-0.15, -0.1) is 0 Å². The molecule has 0 fully saturated rings. The van der Waals surface area contributed by atoms with Crippen LogP contribution in [-0.2, 0) is 0 Å². The molecule has 3 aromatic carbocycles.